The third-order valence-electron chi connectivity index (χ3n) is 5.05. The molecule has 4 unspecified atom stereocenters. The summed E-state index contributed by atoms with van der Waals surface area (Å²) in [6.07, 6.45) is 4.36. The summed E-state index contributed by atoms with van der Waals surface area (Å²) < 4.78 is 39.3. The van der Waals surface area contributed by atoms with Crippen LogP contribution in [0, 0.1) is 11.8 Å². The zero-order valence-electron chi connectivity index (χ0n) is 11.8. The highest BCUT2D eigenvalue weighted by Crippen LogP contribution is 2.39. The zero-order chi connectivity index (χ0) is 13.9. The number of rotatable bonds is 3. The number of hydrogen-bond donors (Lipinski definition) is 1. The molecule has 0 aromatic carbocycles. The van der Waals surface area contributed by atoms with Gasteiger partial charge in [-0.2, -0.15) is 13.2 Å². The summed E-state index contributed by atoms with van der Waals surface area (Å²) in [5, 5.41) is 3.40. The van der Waals surface area contributed by atoms with E-state index in [1.54, 1.807) is 0 Å². The molecular formula is C15H26F3N. The summed E-state index contributed by atoms with van der Waals surface area (Å²) >= 11 is 0. The van der Waals surface area contributed by atoms with Crippen LogP contribution in [0.1, 0.15) is 64.7 Å². The fourth-order valence-electron chi connectivity index (χ4n) is 3.91. The van der Waals surface area contributed by atoms with E-state index in [9.17, 15) is 13.2 Å². The van der Waals surface area contributed by atoms with Crippen LogP contribution in [0.5, 0.6) is 0 Å². The molecule has 0 spiro atoms. The molecule has 1 nitrogen and oxygen atoms in total. The van der Waals surface area contributed by atoms with Crippen molar-refractivity contribution in [2.24, 2.45) is 11.8 Å². The molecule has 0 aromatic rings. The summed E-state index contributed by atoms with van der Waals surface area (Å²) in [5.74, 6) is -0.551. The number of halogens is 3. The minimum absolute atomic E-state index is 0.310. The summed E-state index contributed by atoms with van der Waals surface area (Å²) in [7, 11) is 0. The van der Waals surface area contributed by atoms with Crippen LogP contribution in [0.15, 0.2) is 0 Å². The van der Waals surface area contributed by atoms with Crippen molar-refractivity contribution in [2.45, 2.75) is 83.0 Å². The third-order valence-corrected chi connectivity index (χ3v) is 5.05. The standard InChI is InChI=1S/C15H26F3N/c1-2-11-7-3-5-9-13(11)19-14-10-6-4-8-12(14)15(16,17)18/h11-14,19H,2-10H2,1H3. The van der Waals surface area contributed by atoms with Crippen LogP contribution in [-0.4, -0.2) is 18.3 Å². The lowest BCUT2D eigenvalue weighted by Crippen LogP contribution is -2.51. The maximum Gasteiger partial charge on any atom is 0.393 e. The minimum Gasteiger partial charge on any atom is -0.310 e. The molecule has 2 saturated carbocycles. The predicted molar refractivity (Wildman–Crippen MR) is 71.0 cm³/mol. The largest absolute Gasteiger partial charge is 0.393 e. The Kier molecular flexibility index (Phi) is 5.15. The quantitative estimate of drug-likeness (QED) is 0.790. The molecule has 2 rings (SSSR count). The van der Waals surface area contributed by atoms with Crippen LogP contribution < -0.4 is 5.32 Å². The maximum absolute atomic E-state index is 13.1. The molecule has 2 aliphatic carbocycles. The van der Waals surface area contributed by atoms with Crippen LogP contribution in [0.25, 0.3) is 0 Å². The molecule has 0 heterocycles. The van der Waals surface area contributed by atoms with Crippen molar-refractivity contribution in [1.82, 2.24) is 5.32 Å². The lowest BCUT2D eigenvalue weighted by molar-refractivity contribution is -0.190. The van der Waals surface area contributed by atoms with Crippen molar-refractivity contribution in [1.29, 1.82) is 0 Å². The van der Waals surface area contributed by atoms with Crippen molar-refractivity contribution in [3.63, 3.8) is 0 Å². The Labute approximate surface area is 114 Å². The number of nitrogens with one attached hydrogen (secondary N) is 1. The van der Waals surface area contributed by atoms with Gasteiger partial charge in [0.1, 0.15) is 0 Å². The van der Waals surface area contributed by atoms with Gasteiger partial charge in [0.05, 0.1) is 5.92 Å². The SMILES string of the molecule is CCC1CCCCC1NC1CCCCC1C(F)(F)F. The summed E-state index contributed by atoms with van der Waals surface area (Å²) in [6, 6.07) is -0.0300. The van der Waals surface area contributed by atoms with Gasteiger partial charge in [-0.1, -0.05) is 39.0 Å². The van der Waals surface area contributed by atoms with Gasteiger partial charge in [-0.15, -0.1) is 0 Å². The highest BCUT2D eigenvalue weighted by Gasteiger charge is 2.46. The van der Waals surface area contributed by atoms with Crippen LogP contribution >= 0.6 is 0 Å². The molecule has 19 heavy (non-hydrogen) atoms. The zero-order valence-corrected chi connectivity index (χ0v) is 11.8. The molecule has 4 atom stereocenters. The van der Waals surface area contributed by atoms with E-state index in [0.29, 0.717) is 24.8 Å². The first-order valence-electron chi connectivity index (χ1n) is 7.85. The fraction of sp³-hybridized carbons (Fsp3) is 1.00. The molecule has 1 N–H and O–H groups in total. The van der Waals surface area contributed by atoms with E-state index in [-0.39, 0.29) is 6.04 Å². The van der Waals surface area contributed by atoms with E-state index < -0.39 is 12.1 Å². The maximum atomic E-state index is 13.1. The molecule has 0 amide bonds. The second-order valence-corrected chi connectivity index (χ2v) is 6.27. The molecule has 112 valence electrons. The Morgan fingerprint density at radius 1 is 0.895 bits per heavy atom. The lowest BCUT2D eigenvalue weighted by Gasteiger charge is -2.40. The van der Waals surface area contributed by atoms with Crippen molar-refractivity contribution in [2.75, 3.05) is 0 Å². The third kappa shape index (κ3) is 3.87. The Morgan fingerprint density at radius 3 is 2.11 bits per heavy atom. The van der Waals surface area contributed by atoms with Crippen molar-refractivity contribution >= 4 is 0 Å². The molecule has 2 aliphatic rings. The van der Waals surface area contributed by atoms with E-state index in [4.69, 9.17) is 0 Å². The Balaban J connectivity index is 1.98. The van der Waals surface area contributed by atoms with Gasteiger partial charge >= 0.3 is 6.18 Å². The smallest absolute Gasteiger partial charge is 0.310 e. The topological polar surface area (TPSA) is 12.0 Å². The summed E-state index contributed by atoms with van der Waals surface area (Å²) in [5.41, 5.74) is 0. The van der Waals surface area contributed by atoms with E-state index in [1.807, 2.05) is 0 Å². The first-order valence-corrected chi connectivity index (χ1v) is 7.85. The van der Waals surface area contributed by atoms with Gasteiger partial charge in [-0.25, -0.2) is 0 Å². The van der Waals surface area contributed by atoms with Crippen molar-refractivity contribution < 1.29 is 13.2 Å². The Morgan fingerprint density at radius 2 is 1.47 bits per heavy atom. The molecule has 0 saturated heterocycles. The molecule has 0 aliphatic heterocycles. The predicted octanol–water partition coefficient (Wildman–Crippen LogP) is 4.67. The van der Waals surface area contributed by atoms with E-state index in [0.717, 1.165) is 32.1 Å². The van der Waals surface area contributed by atoms with Crippen molar-refractivity contribution in [3.8, 4) is 0 Å². The minimum atomic E-state index is -4.03. The normalized spacial score (nSPS) is 37.3. The first-order chi connectivity index (χ1) is 9.02. The van der Waals surface area contributed by atoms with Crippen LogP contribution in [0.2, 0.25) is 0 Å². The second kappa shape index (κ2) is 6.47. The first kappa shape index (κ1) is 15.1. The van der Waals surface area contributed by atoms with Gasteiger partial charge in [0, 0.05) is 12.1 Å². The average molecular weight is 277 g/mol. The highest BCUT2D eigenvalue weighted by atomic mass is 19.4. The Bertz CT molecular complexity index is 277. The van der Waals surface area contributed by atoms with E-state index >= 15 is 0 Å². The number of hydrogen-bond acceptors (Lipinski definition) is 1. The van der Waals surface area contributed by atoms with Gasteiger partial charge in [-0.3, -0.25) is 0 Å². The van der Waals surface area contributed by atoms with Gasteiger partial charge in [-0.05, 0) is 31.6 Å². The Hall–Kier alpha value is -0.250. The van der Waals surface area contributed by atoms with Gasteiger partial charge in [0.2, 0.25) is 0 Å². The monoisotopic (exact) mass is 277 g/mol. The molecule has 4 heteroatoms. The van der Waals surface area contributed by atoms with Crippen molar-refractivity contribution in [3.05, 3.63) is 0 Å². The fourth-order valence-corrected chi connectivity index (χ4v) is 3.91. The van der Waals surface area contributed by atoms with Crippen LogP contribution in [0.3, 0.4) is 0 Å². The van der Waals surface area contributed by atoms with Crippen LogP contribution in [-0.2, 0) is 0 Å². The molecule has 2 fully saturated rings. The van der Waals surface area contributed by atoms with E-state index in [2.05, 4.69) is 12.2 Å². The summed E-state index contributed by atoms with van der Waals surface area (Å²) in [6.45, 7) is 2.16. The lowest BCUT2D eigenvalue weighted by atomic mass is 9.79. The average Bonchev–Trinajstić information content (AvgIpc) is 2.39. The second-order valence-electron chi connectivity index (χ2n) is 6.27. The molecular weight excluding hydrogens is 251 g/mol. The number of alkyl halides is 3. The van der Waals surface area contributed by atoms with E-state index in [1.165, 1.54) is 12.8 Å². The molecule has 0 bridgehead atoms. The molecule has 0 aromatic heterocycles. The highest BCUT2D eigenvalue weighted by molar-refractivity contribution is 4.90. The summed E-state index contributed by atoms with van der Waals surface area (Å²) in [4.78, 5) is 0. The van der Waals surface area contributed by atoms with Gasteiger partial charge in [0.25, 0.3) is 0 Å². The van der Waals surface area contributed by atoms with Gasteiger partial charge in [0.15, 0.2) is 0 Å². The van der Waals surface area contributed by atoms with Gasteiger partial charge < -0.3 is 5.32 Å². The van der Waals surface area contributed by atoms with Crippen LogP contribution in [0.4, 0.5) is 13.2 Å². The molecule has 0 radical (unpaired) electrons.